The first-order chi connectivity index (χ1) is 14.4. The summed E-state index contributed by atoms with van der Waals surface area (Å²) in [6.07, 6.45) is -1.25. The van der Waals surface area contributed by atoms with E-state index in [4.69, 9.17) is 9.47 Å². The van der Waals surface area contributed by atoms with Gasteiger partial charge in [-0.1, -0.05) is 30.3 Å². The Kier molecular flexibility index (Phi) is 5.95. The molecule has 0 saturated carbocycles. The van der Waals surface area contributed by atoms with Crippen molar-refractivity contribution in [1.29, 1.82) is 0 Å². The molecule has 0 N–H and O–H groups in total. The van der Waals surface area contributed by atoms with Gasteiger partial charge in [-0.2, -0.15) is 0 Å². The number of fused-ring (bicyclic) bond motifs is 1. The molecule has 156 valence electrons. The molecular formula is C20H19N3O7. The van der Waals surface area contributed by atoms with Crippen LogP contribution in [-0.2, 0) is 25.6 Å². The van der Waals surface area contributed by atoms with E-state index in [1.807, 2.05) is 6.07 Å². The summed E-state index contributed by atoms with van der Waals surface area (Å²) in [5, 5.41) is 11.2. The summed E-state index contributed by atoms with van der Waals surface area (Å²) in [7, 11) is 2.37. The van der Waals surface area contributed by atoms with Crippen molar-refractivity contribution >= 4 is 29.2 Å². The van der Waals surface area contributed by atoms with Crippen LogP contribution < -0.4 is 4.90 Å². The van der Waals surface area contributed by atoms with Crippen LogP contribution in [-0.4, -0.2) is 54.6 Å². The second kappa shape index (κ2) is 8.60. The van der Waals surface area contributed by atoms with E-state index in [0.29, 0.717) is 0 Å². The molecule has 3 rings (SSSR count). The second-order valence-electron chi connectivity index (χ2n) is 6.48. The number of hydrogen-bond acceptors (Lipinski definition) is 8. The normalized spacial score (nSPS) is 15.4. The van der Waals surface area contributed by atoms with Gasteiger partial charge in [0.1, 0.15) is 6.54 Å². The van der Waals surface area contributed by atoms with Gasteiger partial charge in [0.25, 0.3) is 11.6 Å². The molecule has 0 bridgehead atoms. The minimum absolute atomic E-state index is 0.00388. The zero-order valence-electron chi connectivity index (χ0n) is 16.3. The number of non-ortho nitro benzene ring substituents is 1. The summed E-state index contributed by atoms with van der Waals surface area (Å²) in [6.45, 7) is -0.334. The molecule has 1 aliphatic heterocycles. The molecule has 10 nitrogen and oxygen atoms in total. The van der Waals surface area contributed by atoms with E-state index in [9.17, 15) is 24.5 Å². The molecule has 1 aliphatic rings. The first-order valence-corrected chi connectivity index (χ1v) is 8.92. The van der Waals surface area contributed by atoms with Crippen LogP contribution >= 0.6 is 0 Å². The van der Waals surface area contributed by atoms with Gasteiger partial charge in [0.15, 0.2) is 0 Å². The van der Waals surface area contributed by atoms with Crippen LogP contribution in [0.5, 0.6) is 0 Å². The van der Waals surface area contributed by atoms with E-state index in [1.54, 1.807) is 24.3 Å². The van der Waals surface area contributed by atoms with Crippen molar-refractivity contribution in [2.24, 2.45) is 0 Å². The van der Waals surface area contributed by atoms with Gasteiger partial charge in [0.05, 0.1) is 30.4 Å². The number of carbonyl (C=O) groups excluding carboxylic acids is 3. The van der Waals surface area contributed by atoms with Crippen molar-refractivity contribution in [3.8, 4) is 0 Å². The van der Waals surface area contributed by atoms with Crippen LogP contribution in [0.15, 0.2) is 48.5 Å². The third-order valence-corrected chi connectivity index (χ3v) is 4.72. The number of ether oxygens (including phenoxy) is 2. The lowest BCUT2D eigenvalue weighted by Gasteiger charge is -2.43. The Hall–Kier alpha value is -3.95. The lowest BCUT2D eigenvalue weighted by atomic mass is 10.0. The first kappa shape index (κ1) is 20.8. The number of hydrogen-bond donors (Lipinski definition) is 0. The number of esters is 2. The van der Waals surface area contributed by atoms with E-state index in [2.05, 4.69) is 0 Å². The van der Waals surface area contributed by atoms with Gasteiger partial charge in [-0.05, 0) is 11.6 Å². The third-order valence-electron chi connectivity index (χ3n) is 4.72. The number of rotatable bonds is 6. The second-order valence-corrected chi connectivity index (χ2v) is 6.48. The molecular weight excluding hydrogens is 394 g/mol. The summed E-state index contributed by atoms with van der Waals surface area (Å²) in [5.41, 5.74) is 0.655. The standard InChI is InChI=1S/C20H19N3O7/c1-29-17(24)12-21-16-9-8-14(23(27)28)10-15(16)19(25)22(18(21)20(26)30-2)11-13-6-4-3-5-7-13/h3-10,18H,11-12H2,1-2H3. The lowest BCUT2D eigenvalue weighted by Crippen LogP contribution is -2.60. The van der Waals surface area contributed by atoms with Crippen molar-refractivity contribution in [2.75, 3.05) is 25.7 Å². The largest absolute Gasteiger partial charge is 0.468 e. The Balaban J connectivity index is 2.16. The highest BCUT2D eigenvalue weighted by molar-refractivity contribution is 6.06. The monoisotopic (exact) mass is 413 g/mol. The molecule has 0 aromatic heterocycles. The number of anilines is 1. The van der Waals surface area contributed by atoms with E-state index < -0.39 is 28.9 Å². The fraction of sp³-hybridized carbons (Fsp3) is 0.250. The van der Waals surface area contributed by atoms with Crippen LogP contribution in [0.25, 0.3) is 0 Å². The minimum atomic E-state index is -1.25. The minimum Gasteiger partial charge on any atom is -0.468 e. The van der Waals surface area contributed by atoms with Gasteiger partial charge in [0, 0.05) is 18.7 Å². The molecule has 2 aromatic rings. The summed E-state index contributed by atoms with van der Waals surface area (Å²) in [5.74, 6) is -2.00. The summed E-state index contributed by atoms with van der Waals surface area (Å²) in [4.78, 5) is 51.1. The number of nitro benzene ring substituents is 1. The SMILES string of the molecule is COC(=O)CN1c2ccc([N+](=O)[O-])cc2C(=O)N(Cc2ccccc2)C1C(=O)OC. The highest BCUT2D eigenvalue weighted by Gasteiger charge is 2.44. The molecule has 10 heteroatoms. The number of methoxy groups -OCH3 is 2. The Morgan fingerprint density at radius 2 is 1.77 bits per heavy atom. The van der Waals surface area contributed by atoms with Crippen molar-refractivity contribution in [3.63, 3.8) is 0 Å². The van der Waals surface area contributed by atoms with E-state index in [-0.39, 0.29) is 30.0 Å². The van der Waals surface area contributed by atoms with Crippen LogP contribution in [0.1, 0.15) is 15.9 Å². The maximum absolute atomic E-state index is 13.3. The van der Waals surface area contributed by atoms with E-state index in [0.717, 1.165) is 11.6 Å². The number of nitro groups is 1. The van der Waals surface area contributed by atoms with Crippen LogP contribution in [0.2, 0.25) is 0 Å². The van der Waals surface area contributed by atoms with Crippen molar-refractivity contribution in [1.82, 2.24) is 4.90 Å². The summed E-state index contributed by atoms with van der Waals surface area (Å²) >= 11 is 0. The molecule has 1 atom stereocenters. The number of nitrogens with zero attached hydrogens (tertiary/aromatic N) is 3. The number of carbonyl (C=O) groups is 3. The van der Waals surface area contributed by atoms with Crippen molar-refractivity contribution < 1.29 is 28.8 Å². The quantitative estimate of drug-likeness (QED) is 0.399. The fourth-order valence-electron chi connectivity index (χ4n) is 3.30. The van der Waals surface area contributed by atoms with E-state index >= 15 is 0 Å². The third kappa shape index (κ3) is 3.93. The zero-order chi connectivity index (χ0) is 21.8. The fourth-order valence-corrected chi connectivity index (χ4v) is 3.30. The highest BCUT2D eigenvalue weighted by Crippen LogP contribution is 2.35. The average molecular weight is 413 g/mol. The van der Waals surface area contributed by atoms with Gasteiger partial charge < -0.3 is 19.3 Å². The summed E-state index contributed by atoms with van der Waals surface area (Å²) in [6, 6.07) is 12.6. The maximum Gasteiger partial charge on any atom is 0.349 e. The van der Waals surface area contributed by atoms with Crippen LogP contribution in [0.3, 0.4) is 0 Å². The topological polar surface area (TPSA) is 119 Å². The molecule has 0 spiro atoms. The molecule has 30 heavy (non-hydrogen) atoms. The Morgan fingerprint density at radius 1 is 1.07 bits per heavy atom. The molecule has 0 fully saturated rings. The van der Waals surface area contributed by atoms with Crippen LogP contribution in [0.4, 0.5) is 11.4 Å². The van der Waals surface area contributed by atoms with Gasteiger partial charge >= 0.3 is 11.9 Å². The molecule has 0 radical (unpaired) electrons. The van der Waals surface area contributed by atoms with Gasteiger partial charge in [0.2, 0.25) is 6.17 Å². The smallest absolute Gasteiger partial charge is 0.349 e. The molecule has 1 unspecified atom stereocenters. The maximum atomic E-state index is 13.3. The van der Waals surface area contributed by atoms with Gasteiger partial charge in [-0.15, -0.1) is 0 Å². The molecule has 2 aromatic carbocycles. The highest BCUT2D eigenvalue weighted by atomic mass is 16.6. The van der Waals surface area contributed by atoms with Crippen molar-refractivity contribution in [3.05, 3.63) is 69.8 Å². The number of benzene rings is 2. The van der Waals surface area contributed by atoms with Crippen LogP contribution in [0, 0.1) is 10.1 Å². The zero-order valence-corrected chi connectivity index (χ0v) is 16.3. The lowest BCUT2D eigenvalue weighted by molar-refractivity contribution is -0.384. The van der Waals surface area contributed by atoms with Gasteiger partial charge in [-0.3, -0.25) is 19.7 Å². The molecule has 0 saturated heterocycles. The molecule has 0 aliphatic carbocycles. The Morgan fingerprint density at radius 3 is 2.37 bits per heavy atom. The van der Waals surface area contributed by atoms with E-state index in [1.165, 1.54) is 36.2 Å². The number of amides is 1. The Labute approximate surface area is 171 Å². The molecule has 1 heterocycles. The average Bonchev–Trinajstić information content (AvgIpc) is 2.76. The first-order valence-electron chi connectivity index (χ1n) is 8.92. The Bertz CT molecular complexity index is 993. The molecule has 1 amide bonds. The van der Waals surface area contributed by atoms with Gasteiger partial charge in [-0.25, -0.2) is 4.79 Å². The predicted molar refractivity (Wildman–Crippen MR) is 105 cm³/mol. The predicted octanol–water partition coefficient (Wildman–Crippen LogP) is 1.73. The summed E-state index contributed by atoms with van der Waals surface area (Å²) < 4.78 is 9.62. The van der Waals surface area contributed by atoms with Crippen molar-refractivity contribution in [2.45, 2.75) is 12.7 Å².